The Morgan fingerprint density at radius 3 is 1.09 bits per heavy atom. The summed E-state index contributed by atoms with van der Waals surface area (Å²) in [6.45, 7) is -3.91. The van der Waals surface area contributed by atoms with Gasteiger partial charge < -0.3 is 57.4 Å². The molecule has 0 unspecified atom stereocenters. The minimum absolute atomic E-state index is 0.0261. The Balaban J connectivity index is 2.39. The zero-order valence-electron chi connectivity index (χ0n) is 36.2. The number of hydrogen-bond acceptors (Lipinski definition) is 18. The molecule has 0 saturated carbocycles. The van der Waals surface area contributed by atoms with Crippen molar-refractivity contribution in [2.75, 3.05) is 55.7 Å². The molecule has 0 aliphatic carbocycles. The van der Waals surface area contributed by atoms with Crippen LogP contribution in [0.4, 0.5) is 11.4 Å². The number of amides is 6. The zero-order valence-corrected chi connectivity index (χ0v) is 38.7. The van der Waals surface area contributed by atoms with Crippen LogP contribution < -0.4 is 42.2 Å². The topological polar surface area (TPSA) is 488 Å². The molecular weight excluding hydrogens is 1000 g/mol. The van der Waals surface area contributed by atoms with Gasteiger partial charge in [-0.3, -0.25) is 57.7 Å². The molecule has 0 fully saturated rings. The SMILES string of the molecule is NS(=O)(=O)c1ccc(NC(=O)CN(CCN(CC(=O)Nc2ccc(S(N)(=O)=O)cc2)CC(=O)N[C@@H](CC(=O)O)C(=O)N[C@@H](CC(=O)O)C(=O)N[C@@H](CC(=O)O)C(=O)N[C@@H](CS)C(=O)O)CC(=O)O)cc1. The Bertz CT molecular complexity index is 2530. The Labute approximate surface area is 402 Å². The van der Waals surface area contributed by atoms with Crippen LogP contribution in [-0.2, 0) is 72.8 Å². The first-order valence-electron chi connectivity index (χ1n) is 19.7. The highest BCUT2D eigenvalue weighted by Crippen LogP contribution is 2.14. The average Bonchev–Trinajstić information content (AvgIpc) is 3.22. The molecule has 0 aromatic heterocycles. The zero-order chi connectivity index (χ0) is 53.1. The highest BCUT2D eigenvalue weighted by atomic mass is 32.2. The van der Waals surface area contributed by atoms with E-state index >= 15 is 0 Å². The maximum absolute atomic E-state index is 13.5. The molecule has 384 valence electrons. The first kappa shape index (κ1) is 58.8. The van der Waals surface area contributed by atoms with Crippen LogP contribution in [-0.4, -0.2) is 187 Å². The Morgan fingerprint density at radius 1 is 0.471 bits per heavy atom. The number of aliphatic carboxylic acids is 5. The summed E-state index contributed by atoms with van der Waals surface area (Å²) in [5, 5.41) is 70.0. The maximum atomic E-state index is 13.5. The number of anilines is 2. The van der Waals surface area contributed by atoms with E-state index in [0.717, 1.165) is 46.2 Å². The van der Waals surface area contributed by atoms with Gasteiger partial charge in [-0.1, -0.05) is 0 Å². The lowest BCUT2D eigenvalue weighted by molar-refractivity contribution is -0.145. The van der Waals surface area contributed by atoms with Gasteiger partial charge in [-0.2, -0.15) is 12.6 Å². The van der Waals surface area contributed by atoms with Gasteiger partial charge in [0.2, 0.25) is 55.5 Å². The van der Waals surface area contributed by atoms with Crippen LogP contribution in [0.1, 0.15) is 19.3 Å². The van der Waals surface area contributed by atoms with Gasteiger partial charge in [0, 0.05) is 30.2 Å². The monoisotopic (exact) mass is 1050 g/mol. The van der Waals surface area contributed by atoms with E-state index in [0.29, 0.717) is 0 Å². The van der Waals surface area contributed by atoms with Crippen molar-refractivity contribution in [1.29, 1.82) is 0 Å². The van der Waals surface area contributed by atoms with Gasteiger partial charge in [-0.05, 0) is 48.5 Å². The number of carboxylic acid groups (broad SMARTS) is 5. The summed E-state index contributed by atoms with van der Waals surface area (Å²) in [7, 11) is -8.21. The third-order valence-corrected chi connectivity index (χ3v) is 11.2. The van der Waals surface area contributed by atoms with Gasteiger partial charge in [0.05, 0.1) is 55.2 Å². The minimum atomic E-state index is -4.13. The normalized spacial score (nSPS) is 13.1. The summed E-state index contributed by atoms with van der Waals surface area (Å²) in [4.78, 5) is 139. The van der Waals surface area contributed by atoms with Crippen LogP contribution in [0.5, 0.6) is 0 Å². The second-order valence-electron chi connectivity index (χ2n) is 14.7. The molecule has 15 N–H and O–H groups in total. The third kappa shape index (κ3) is 21.8. The number of benzene rings is 2. The van der Waals surface area contributed by atoms with E-state index in [1.165, 1.54) is 12.1 Å². The molecule has 0 spiro atoms. The molecule has 33 heteroatoms. The van der Waals surface area contributed by atoms with Crippen LogP contribution >= 0.6 is 12.6 Å². The molecule has 2 rings (SSSR count). The molecule has 0 heterocycles. The van der Waals surface area contributed by atoms with E-state index < -0.39 is 174 Å². The lowest BCUT2D eigenvalue weighted by Crippen LogP contribution is -2.59. The van der Waals surface area contributed by atoms with Crippen molar-refractivity contribution in [2.24, 2.45) is 10.3 Å². The summed E-state index contributed by atoms with van der Waals surface area (Å²) in [6, 6.07) is 0.975. The quantitative estimate of drug-likeness (QED) is 0.0325. The number of nitrogens with zero attached hydrogens (tertiary/aromatic N) is 2. The molecule has 0 saturated heterocycles. The fourth-order valence-electron chi connectivity index (χ4n) is 5.76. The Kier molecular flexibility index (Phi) is 22.7. The fraction of sp³-hybridized carbons (Fsp3) is 0.378. The summed E-state index contributed by atoms with van der Waals surface area (Å²) in [5.74, 6) is -16.0. The molecule has 2 aromatic rings. The largest absolute Gasteiger partial charge is 0.481 e. The summed E-state index contributed by atoms with van der Waals surface area (Å²) in [6.07, 6.45) is -3.68. The summed E-state index contributed by atoms with van der Waals surface area (Å²) in [5.41, 5.74) is 0.109. The maximum Gasteiger partial charge on any atom is 0.327 e. The summed E-state index contributed by atoms with van der Waals surface area (Å²) >= 11 is 3.76. The predicted octanol–water partition coefficient (Wildman–Crippen LogP) is -5.38. The molecule has 6 amide bonds. The number of carbonyl (C=O) groups excluding carboxylic acids is 6. The van der Waals surface area contributed by atoms with Crippen molar-refractivity contribution in [3.8, 4) is 0 Å². The van der Waals surface area contributed by atoms with Crippen LogP contribution in [0, 0.1) is 0 Å². The minimum Gasteiger partial charge on any atom is -0.481 e. The number of primary sulfonamides is 2. The van der Waals surface area contributed by atoms with E-state index in [-0.39, 0.29) is 21.2 Å². The average molecular weight is 1050 g/mol. The van der Waals surface area contributed by atoms with Crippen molar-refractivity contribution < 1.29 is 95.1 Å². The second kappa shape index (κ2) is 27.0. The van der Waals surface area contributed by atoms with E-state index in [1.54, 1.807) is 0 Å². The third-order valence-electron chi connectivity index (χ3n) is 8.98. The van der Waals surface area contributed by atoms with Gasteiger partial charge in [0.25, 0.3) is 0 Å². The molecule has 0 aliphatic heterocycles. The molecule has 30 nitrogen and oxygen atoms in total. The first-order valence-corrected chi connectivity index (χ1v) is 23.4. The fourth-order valence-corrected chi connectivity index (χ4v) is 7.04. The van der Waals surface area contributed by atoms with Gasteiger partial charge >= 0.3 is 29.8 Å². The number of hydrogen-bond donors (Lipinski definition) is 14. The van der Waals surface area contributed by atoms with E-state index in [2.05, 4.69) is 28.6 Å². The van der Waals surface area contributed by atoms with Gasteiger partial charge in [0.15, 0.2) is 0 Å². The van der Waals surface area contributed by atoms with Crippen LogP contribution in [0.2, 0.25) is 0 Å². The molecule has 0 radical (unpaired) electrons. The van der Waals surface area contributed by atoms with E-state index in [1.807, 2.05) is 16.0 Å². The van der Waals surface area contributed by atoms with Gasteiger partial charge in [-0.15, -0.1) is 0 Å². The van der Waals surface area contributed by atoms with Crippen molar-refractivity contribution in [3.63, 3.8) is 0 Å². The Hall–Kier alpha value is -7.30. The highest BCUT2D eigenvalue weighted by molar-refractivity contribution is 7.89. The standard InChI is InChI=1S/C37H48N10O20S3/c38-69(64,65)21-5-1-19(2-6-21)40-27(48)14-46(9-10-47(17-33(57)58)15-28(49)41-20-3-7-22(8-4-20)70(39,66)67)16-29(50)42-23(11-30(51)52)34(59)43-24(12-31(53)54)35(60)44-25(13-32(55)56)36(61)45-26(18-68)37(62)63/h1-8,23-26,68H,9-18H2,(H,40,48)(H,41,49)(H,42,50)(H,43,59)(H,44,60)(H,45,61)(H,51,52)(H,53,54)(H,55,56)(H,57,58)(H,62,63)(H2,38,64,65)(H2,39,66,67)/t23-,24-,25-,26-/m0/s1. The van der Waals surface area contributed by atoms with Crippen LogP contribution in [0.15, 0.2) is 58.3 Å². The lowest BCUT2D eigenvalue weighted by Gasteiger charge is -2.27. The van der Waals surface area contributed by atoms with Crippen molar-refractivity contribution >= 4 is 109 Å². The second-order valence-corrected chi connectivity index (χ2v) is 18.2. The number of rotatable bonds is 30. The molecule has 4 atom stereocenters. The smallest absolute Gasteiger partial charge is 0.327 e. The Morgan fingerprint density at radius 2 is 0.786 bits per heavy atom. The van der Waals surface area contributed by atoms with Crippen molar-refractivity contribution in [1.82, 2.24) is 31.1 Å². The number of thiol groups is 1. The number of nitrogens with two attached hydrogens (primary N) is 2. The van der Waals surface area contributed by atoms with Crippen molar-refractivity contribution in [2.45, 2.75) is 53.2 Å². The van der Waals surface area contributed by atoms with E-state index in [4.69, 9.17) is 10.3 Å². The molecular formula is C37H48N10O20S3. The van der Waals surface area contributed by atoms with Gasteiger partial charge in [-0.25, -0.2) is 31.9 Å². The number of carbonyl (C=O) groups is 11. The lowest BCUT2D eigenvalue weighted by atomic mass is 10.1. The predicted molar refractivity (Wildman–Crippen MR) is 239 cm³/mol. The molecule has 0 bridgehead atoms. The number of nitrogens with one attached hydrogen (secondary N) is 6. The number of carboxylic acids is 5. The molecule has 2 aromatic carbocycles. The van der Waals surface area contributed by atoms with E-state index in [9.17, 15) is 95.1 Å². The molecule has 0 aliphatic rings. The molecule has 70 heavy (non-hydrogen) atoms. The van der Waals surface area contributed by atoms with Crippen LogP contribution in [0.3, 0.4) is 0 Å². The van der Waals surface area contributed by atoms with Gasteiger partial charge in [0.1, 0.15) is 24.2 Å². The van der Waals surface area contributed by atoms with Crippen molar-refractivity contribution in [3.05, 3.63) is 48.5 Å². The summed E-state index contributed by atoms with van der Waals surface area (Å²) < 4.78 is 46.5. The number of sulfonamides is 2. The first-order chi connectivity index (χ1) is 32.5. The van der Waals surface area contributed by atoms with Crippen LogP contribution in [0.25, 0.3) is 0 Å². The highest BCUT2D eigenvalue weighted by Gasteiger charge is 2.34.